The van der Waals surface area contributed by atoms with Crippen molar-refractivity contribution in [2.24, 2.45) is 0 Å². The molecule has 0 aliphatic heterocycles. The van der Waals surface area contributed by atoms with Crippen molar-refractivity contribution < 1.29 is 8.42 Å². The third-order valence-electron chi connectivity index (χ3n) is 1.68. The summed E-state index contributed by atoms with van der Waals surface area (Å²) in [6.07, 6.45) is 1.56. The van der Waals surface area contributed by atoms with E-state index in [1.165, 1.54) is 0 Å². The molecule has 6 heteroatoms. The number of pyridine rings is 1. The molecule has 0 fully saturated rings. The largest absolute Gasteiger partial charge is 0.267 e. The topological polar surface area (TPSA) is 59.1 Å². The molecule has 78 valence electrons. The van der Waals surface area contributed by atoms with Crippen LogP contribution in [0.25, 0.3) is 0 Å². The van der Waals surface area contributed by atoms with Gasteiger partial charge in [0, 0.05) is 10.7 Å². The van der Waals surface area contributed by atoms with E-state index in [-0.39, 0.29) is 5.75 Å². The van der Waals surface area contributed by atoms with Gasteiger partial charge in [0.15, 0.2) is 0 Å². The summed E-state index contributed by atoms with van der Waals surface area (Å²) >= 11 is 3.25. The van der Waals surface area contributed by atoms with Crippen molar-refractivity contribution in [3.8, 4) is 0 Å². The molecule has 0 saturated heterocycles. The summed E-state index contributed by atoms with van der Waals surface area (Å²) in [6.45, 7) is 3.38. The quantitative estimate of drug-likeness (QED) is 0.919. The van der Waals surface area contributed by atoms with Crippen LogP contribution in [-0.2, 0) is 10.0 Å². The second kappa shape index (κ2) is 4.27. The molecule has 1 aromatic rings. The molecule has 1 aromatic heterocycles. The summed E-state index contributed by atoms with van der Waals surface area (Å²) in [7, 11) is -3.24. The van der Waals surface area contributed by atoms with E-state index in [0.29, 0.717) is 5.82 Å². The van der Waals surface area contributed by atoms with Crippen LogP contribution in [0.5, 0.6) is 0 Å². The Morgan fingerprint density at radius 2 is 2.21 bits per heavy atom. The van der Waals surface area contributed by atoms with E-state index in [2.05, 4.69) is 25.6 Å². The molecule has 0 aliphatic rings. The Labute approximate surface area is 91.9 Å². The van der Waals surface area contributed by atoms with Gasteiger partial charge in [-0.15, -0.1) is 0 Å². The van der Waals surface area contributed by atoms with Gasteiger partial charge in [-0.1, -0.05) is 0 Å². The first kappa shape index (κ1) is 11.5. The van der Waals surface area contributed by atoms with Crippen LogP contribution in [0.4, 0.5) is 5.82 Å². The lowest BCUT2D eigenvalue weighted by Gasteiger charge is -2.07. The molecule has 0 unspecified atom stereocenters. The molecule has 0 spiro atoms. The van der Waals surface area contributed by atoms with Crippen LogP contribution in [-0.4, -0.2) is 19.2 Å². The molecule has 0 saturated carbocycles. The first-order valence-corrected chi connectivity index (χ1v) is 6.52. The fraction of sp³-hybridized carbons (Fsp3) is 0.375. The van der Waals surface area contributed by atoms with E-state index in [4.69, 9.17) is 0 Å². The summed E-state index contributed by atoms with van der Waals surface area (Å²) in [5.74, 6) is 0.430. The van der Waals surface area contributed by atoms with Crippen LogP contribution >= 0.6 is 15.9 Å². The number of sulfonamides is 1. The van der Waals surface area contributed by atoms with Crippen LogP contribution in [0, 0.1) is 6.92 Å². The molecule has 0 bridgehead atoms. The third-order valence-corrected chi connectivity index (χ3v) is 3.38. The van der Waals surface area contributed by atoms with Crippen LogP contribution in [0.15, 0.2) is 16.7 Å². The lowest BCUT2D eigenvalue weighted by atomic mass is 10.3. The van der Waals surface area contributed by atoms with Gasteiger partial charge in [0.05, 0.1) is 5.75 Å². The summed E-state index contributed by atoms with van der Waals surface area (Å²) < 4.78 is 25.7. The van der Waals surface area contributed by atoms with Gasteiger partial charge >= 0.3 is 0 Å². The molecular formula is C8H11BrN2O2S. The van der Waals surface area contributed by atoms with Gasteiger partial charge in [-0.05, 0) is 41.4 Å². The molecular weight excluding hydrogens is 268 g/mol. The van der Waals surface area contributed by atoms with Crippen molar-refractivity contribution in [3.63, 3.8) is 0 Å². The Kier molecular flexibility index (Phi) is 3.49. The van der Waals surface area contributed by atoms with Gasteiger partial charge in [-0.3, -0.25) is 4.72 Å². The minimum atomic E-state index is -3.24. The van der Waals surface area contributed by atoms with Crippen LogP contribution < -0.4 is 4.72 Å². The van der Waals surface area contributed by atoms with Gasteiger partial charge in [0.25, 0.3) is 0 Å². The first-order valence-electron chi connectivity index (χ1n) is 4.07. The van der Waals surface area contributed by atoms with Crippen molar-refractivity contribution in [1.29, 1.82) is 0 Å². The number of aryl methyl sites for hydroxylation is 1. The summed E-state index contributed by atoms with van der Waals surface area (Å²) in [4.78, 5) is 3.97. The predicted molar refractivity (Wildman–Crippen MR) is 59.8 cm³/mol. The number of nitrogens with zero attached hydrogens (tertiary/aromatic N) is 1. The fourth-order valence-corrected chi connectivity index (χ4v) is 1.97. The lowest BCUT2D eigenvalue weighted by Crippen LogP contribution is -2.16. The summed E-state index contributed by atoms with van der Waals surface area (Å²) in [5, 5.41) is 0. The van der Waals surface area contributed by atoms with E-state index in [9.17, 15) is 8.42 Å². The van der Waals surface area contributed by atoms with Crippen LogP contribution in [0.3, 0.4) is 0 Å². The maximum Gasteiger partial charge on any atom is 0.233 e. The SMILES string of the molecule is CCS(=O)(=O)Nc1ncc(Br)cc1C. The molecule has 1 rings (SSSR count). The Morgan fingerprint density at radius 3 is 2.71 bits per heavy atom. The maximum absolute atomic E-state index is 11.2. The Bertz CT molecular complexity index is 431. The Balaban J connectivity index is 2.99. The monoisotopic (exact) mass is 278 g/mol. The molecule has 1 N–H and O–H groups in total. The van der Waals surface area contributed by atoms with Crippen molar-refractivity contribution in [1.82, 2.24) is 4.98 Å². The average Bonchev–Trinajstić information content (AvgIpc) is 2.10. The molecule has 0 aromatic carbocycles. The highest BCUT2D eigenvalue weighted by Crippen LogP contribution is 2.17. The highest BCUT2D eigenvalue weighted by molar-refractivity contribution is 9.10. The number of rotatable bonds is 3. The zero-order chi connectivity index (χ0) is 10.8. The highest BCUT2D eigenvalue weighted by atomic mass is 79.9. The Morgan fingerprint density at radius 1 is 1.57 bits per heavy atom. The number of nitrogens with one attached hydrogen (secondary N) is 1. The summed E-state index contributed by atoms with van der Waals surface area (Å²) in [5.41, 5.74) is 0.788. The van der Waals surface area contributed by atoms with Crippen molar-refractivity contribution in [2.45, 2.75) is 13.8 Å². The van der Waals surface area contributed by atoms with E-state index < -0.39 is 10.0 Å². The third kappa shape index (κ3) is 2.95. The first-order chi connectivity index (χ1) is 6.44. The maximum atomic E-state index is 11.2. The van der Waals surface area contributed by atoms with Crippen molar-refractivity contribution in [2.75, 3.05) is 10.5 Å². The number of hydrogen-bond acceptors (Lipinski definition) is 3. The van der Waals surface area contributed by atoms with Gasteiger partial charge in [-0.2, -0.15) is 0 Å². The smallest absolute Gasteiger partial charge is 0.233 e. The van der Waals surface area contributed by atoms with Gasteiger partial charge < -0.3 is 0 Å². The number of anilines is 1. The second-order valence-corrected chi connectivity index (χ2v) is 5.75. The predicted octanol–water partition coefficient (Wildman–Crippen LogP) is 1.91. The summed E-state index contributed by atoms with van der Waals surface area (Å²) in [6, 6.07) is 1.81. The zero-order valence-electron chi connectivity index (χ0n) is 7.91. The van der Waals surface area contributed by atoms with Crippen molar-refractivity contribution >= 4 is 31.8 Å². The van der Waals surface area contributed by atoms with E-state index >= 15 is 0 Å². The molecule has 0 amide bonds. The number of hydrogen-bond donors (Lipinski definition) is 1. The van der Waals surface area contributed by atoms with Crippen molar-refractivity contribution in [3.05, 3.63) is 22.3 Å². The van der Waals surface area contributed by atoms with E-state index in [1.54, 1.807) is 26.1 Å². The van der Waals surface area contributed by atoms with Crippen LogP contribution in [0.2, 0.25) is 0 Å². The normalized spacial score (nSPS) is 11.4. The molecule has 0 aliphatic carbocycles. The molecule has 14 heavy (non-hydrogen) atoms. The van der Waals surface area contributed by atoms with Gasteiger partial charge in [0.1, 0.15) is 5.82 Å². The molecule has 4 nitrogen and oxygen atoms in total. The van der Waals surface area contributed by atoms with Gasteiger partial charge in [0.2, 0.25) is 10.0 Å². The number of halogens is 1. The second-order valence-electron chi connectivity index (χ2n) is 2.82. The Hall–Kier alpha value is -0.620. The number of aromatic nitrogens is 1. The fourth-order valence-electron chi connectivity index (χ4n) is 0.867. The van der Waals surface area contributed by atoms with E-state index in [0.717, 1.165) is 10.0 Å². The lowest BCUT2D eigenvalue weighted by molar-refractivity contribution is 0.602. The molecule has 0 atom stereocenters. The molecule has 0 radical (unpaired) electrons. The minimum absolute atomic E-state index is 0.0458. The highest BCUT2D eigenvalue weighted by Gasteiger charge is 2.09. The molecule has 1 heterocycles. The standard InChI is InChI=1S/C8H11BrN2O2S/c1-3-14(12,13)11-8-6(2)4-7(9)5-10-8/h4-5H,3H2,1-2H3,(H,10,11). The minimum Gasteiger partial charge on any atom is -0.267 e. The van der Waals surface area contributed by atoms with Crippen LogP contribution in [0.1, 0.15) is 12.5 Å². The zero-order valence-corrected chi connectivity index (χ0v) is 10.3. The average molecular weight is 279 g/mol. The van der Waals surface area contributed by atoms with E-state index in [1.807, 2.05) is 0 Å². The van der Waals surface area contributed by atoms with Gasteiger partial charge in [-0.25, -0.2) is 13.4 Å².